The summed E-state index contributed by atoms with van der Waals surface area (Å²) in [5.41, 5.74) is 2.09. The Balaban J connectivity index is 1.78. The molecule has 1 N–H and O–H groups in total. The van der Waals surface area contributed by atoms with Gasteiger partial charge in [-0.25, -0.2) is 4.79 Å². The maximum atomic E-state index is 11.3. The highest BCUT2D eigenvalue weighted by Gasteiger charge is 2.24. The molecule has 2 atom stereocenters. The summed E-state index contributed by atoms with van der Waals surface area (Å²) >= 11 is 0. The van der Waals surface area contributed by atoms with E-state index in [1.54, 1.807) is 6.08 Å². The lowest BCUT2D eigenvalue weighted by Gasteiger charge is -2.21. The molecule has 0 saturated carbocycles. The molecule has 0 amide bonds. The Morgan fingerprint density at radius 1 is 1.00 bits per heavy atom. The maximum absolute atomic E-state index is 11.3. The van der Waals surface area contributed by atoms with Crippen LogP contribution in [0.3, 0.4) is 0 Å². The third kappa shape index (κ3) is 3.64. The Bertz CT molecular complexity index is 677. The normalized spacial score (nSPS) is 18.4. The molecule has 0 saturated heterocycles. The second-order valence-corrected chi connectivity index (χ2v) is 5.07. The predicted octanol–water partition coefficient (Wildman–Crippen LogP) is 3.66. The minimum Gasteiger partial charge on any atom is -0.452 e. The Kier molecular flexibility index (Phi) is 4.35. The molecule has 3 nitrogen and oxygen atoms in total. The van der Waals surface area contributed by atoms with Crippen molar-refractivity contribution in [3.8, 4) is 0 Å². The number of benzene rings is 2. The molecule has 1 aliphatic heterocycles. The highest BCUT2D eigenvalue weighted by atomic mass is 16.5. The van der Waals surface area contributed by atoms with Crippen LogP contribution < -0.4 is 5.32 Å². The van der Waals surface area contributed by atoms with Crippen LogP contribution in [-0.2, 0) is 9.53 Å². The van der Waals surface area contributed by atoms with Crippen LogP contribution in [0.1, 0.15) is 5.56 Å². The van der Waals surface area contributed by atoms with E-state index in [9.17, 15) is 4.79 Å². The maximum Gasteiger partial charge on any atom is 0.331 e. The fourth-order valence-electron chi connectivity index (χ4n) is 2.32. The van der Waals surface area contributed by atoms with E-state index in [0.29, 0.717) is 0 Å². The van der Waals surface area contributed by atoms with Gasteiger partial charge in [0, 0.05) is 11.8 Å². The van der Waals surface area contributed by atoms with Crippen LogP contribution in [0, 0.1) is 0 Å². The number of esters is 1. The number of carbonyl (C=O) groups is 1. The molecule has 110 valence electrons. The average molecular weight is 291 g/mol. The molecule has 0 aliphatic carbocycles. The number of carbonyl (C=O) groups excluding carboxylic acids is 1. The van der Waals surface area contributed by atoms with Crippen molar-refractivity contribution in [2.45, 2.75) is 12.1 Å². The zero-order valence-corrected chi connectivity index (χ0v) is 12.1. The van der Waals surface area contributed by atoms with Gasteiger partial charge in [-0.05, 0) is 23.8 Å². The number of hydrogen-bond acceptors (Lipinski definition) is 3. The number of anilines is 1. The van der Waals surface area contributed by atoms with Gasteiger partial charge in [-0.1, -0.05) is 60.7 Å². The van der Waals surface area contributed by atoms with Crippen molar-refractivity contribution >= 4 is 17.7 Å². The first-order valence-corrected chi connectivity index (χ1v) is 7.25. The Labute approximate surface area is 129 Å². The summed E-state index contributed by atoms with van der Waals surface area (Å²) < 4.78 is 5.32. The monoisotopic (exact) mass is 291 g/mol. The summed E-state index contributed by atoms with van der Waals surface area (Å²) in [6.45, 7) is 0. The van der Waals surface area contributed by atoms with E-state index in [4.69, 9.17) is 4.74 Å². The minimum absolute atomic E-state index is 0.120. The van der Waals surface area contributed by atoms with Crippen LogP contribution in [0.4, 0.5) is 5.69 Å². The van der Waals surface area contributed by atoms with Gasteiger partial charge >= 0.3 is 5.97 Å². The van der Waals surface area contributed by atoms with Crippen molar-refractivity contribution in [1.29, 1.82) is 0 Å². The van der Waals surface area contributed by atoms with Crippen LogP contribution in [0.25, 0.3) is 6.08 Å². The SMILES string of the molecule is O=C1C=C[C@@H]([C@@H](/C=C/c2ccccc2)Nc2ccccc2)O1. The number of hydrogen-bond donors (Lipinski definition) is 1. The third-order valence-corrected chi connectivity index (χ3v) is 3.43. The molecule has 0 radical (unpaired) electrons. The molecule has 0 aromatic heterocycles. The van der Waals surface area contributed by atoms with Gasteiger partial charge < -0.3 is 10.1 Å². The second kappa shape index (κ2) is 6.76. The standard InChI is InChI=1S/C19H17NO2/c21-19-14-13-18(22-19)17(20-16-9-5-2-6-10-16)12-11-15-7-3-1-4-8-15/h1-14,17-18,20H/b12-11+/t17-,18+/m1/s1. The lowest BCUT2D eigenvalue weighted by Crippen LogP contribution is -2.31. The van der Waals surface area contributed by atoms with Crippen molar-refractivity contribution in [1.82, 2.24) is 0 Å². The molecule has 22 heavy (non-hydrogen) atoms. The molecule has 3 heteroatoms. The molecule has 0 bridgehead atoms. The van der Waals surface area contributed by atoms with Gasteiger partial charge in [0.2, 0.25) is 0 Å². The smallest absolute Gasteiger partial charge is 0.331 e. The van der Waals surface area contributed by atoms with E-state index in [0.717, 1.165) is 11.3 Å². The molecule has 1 aliphatic rings. The summed E-state index contributed by atoms with van der Waals surface area (Å²) in [7, 11) is 0. The van der Waals surface area contributed by atoms with Crippen LogP contribution >= 0.6 is 0 Å². The molecule has 3 rings (SSSR count). The van der Waals surface area contributed by atoms with Crippen molar-refractivity contribution in [3.05, 3.63) is 84.5 Å². The molecule has 1 heterocycles. The molecular formula is C19H17NO2. The Morgan fingerprint density at radius 3 is 2.32 bits per heavy atom. The molecule has 2 aromatic carbocycles. The minimum atomic E-state index is -0.298. The lowest BCUT2D eigenvalue weighted by atomic mass is 10.1. The van der Waals surface area contributed by atoms with Crippen molar-refractivity contribution in [2.75, 3.05) is 5.32 Å². The summed E-state index contributed by atoms with van der Waals surface area (Å²) in [5, 5.41) is 3.40. The predicted molar refractivity (Wildman–Crippen MR) is 88.3 cm³/mol. The van der Waals surface area contributed by atoms with Gasteiger partial charge in [-0.3, -0.25) is 0 Å². The lowest BCUT2D eigenvalue weighted by molar-refractivity contribution is -0.138. The van der Waals surface area contributed by atoms with E-state index >= 15 is 0 Å². The fraction of sp³-hybridized carbons (Fsp3) is 0.105. The molecule has 2 aromatic rings. The highest BCUT2D eigenvalue weighted by molar-refractivity contribution is 5.84. The number of ether oxygens (including phenoxy) is 1. The van der Waals surface area contributed by atoms with Gasteiger partial charge in [0.05, 0.1) is 6.04 Å². The Hall–Kier alpha value is -2.81. The van der Waals surface area contributed by atoms with Crippen LogP contribution in [0.15, 0.2) is 78.9 Å². The van der Waals surface area contributed by atoms with Crippen LogP contribution in [0.2, 0.25) is 0 Å². The number of cyclic esters (lactones) is 1. The second-order valence-electron chi connectivity index (χ2n) is 5.07. The molecular weight excluding hydrogens is 274 g/mol. The summed E-state index contributed by atoms with van der Waals surface area (Å²) in [6, 6.07) is 19.8. The van der Waals surface area contributed by atoms with Gasteiger partial charge in [0.25, 0.3) is 0 Å². The number of rotatable bonds is 5. The number of nitrogens with one attached hydrogen (secondary N) is 1. The van der Waals surface area contributed by atoms with Crippen LogP contribution in [0.5, 0.6) is 0 Å². The molecule has 0 fully saturated rings. The van der Waals surface area contributed by atoms with Crippen molar-refractivity contribution in [3.63, 3.8) is 0 Å². The summed E-state index contributed by atoms with van der Waals surface area (Å²) in [4.78, 5) is 11.3. The van der Waals surface area contributed by atoms with Gasteiger partial charge in [0.1, 0.15) is 6.10 Å². The summed E-state index contributed by atoms with van der Waals surface area (Å²) in [5.74, 6) is -0.294. The largest absolute Gasteiger partial charge is 0.452 e. The quantitative estimate of drug-likeness (QED) is 0.854. The number of para-hydroxylation sites is 1. The highest BCUT2D eigenvalue weighted by Crippen LogP contribution is 2.17. The van der Waals surface area contributed by atoms with E-state index in [2.05, 4.69) is 5.32 Å². The van der Waals surface area contributed by atoms with E-state index < -0.39 is 0 Å². The van der Waals surface area contributed by atoms with Crippen molar-refractivity contribution in [2.24, 2.45) is 0 Å². The molecule has 0 unspecified atom stereocenters. The third-order valence-electron chi connectivity index (χ3n) is 3.43. The molecule has 0 spiro atoms. The van der Waals surface area contributed by atoms with Crippen LogP contribution in [-0.4, -0.2) is 18.1 Å². The zero-order chi connectivity index (χ0) is 15.2. The average Bonchev–Trinajstić information content (AvgIpc) is 3.00. The summed E-state index contributed by atoms with van der Waals surface area (Å²) in [6.07, 6.45) is 7.02. The topological polar surface area (TPSA) is 38.3 Å². The first kappa shape index (κ1) is 14.1. The zero-order valence-electron chi connectivity index (χ0n) is 12.1. The van der Waals surface area contributed by atoms with Gasteiger partial charge in [0.15, 0.2) is 0 Å². The van der Waals surface area contributed by atoms with Gasteiger partial charge in [-0.15, -0.1) is 0 Å². The fourth-order valence-corrected chi connectivity index (χ4v) is 2.32. The van der Waals surface area contributed by atoms with E-state index in [1.807, 2.05) is 72.8 Å². The van der Waals surface area contributed by atoms with Gasteiger partial charge in [-0.2, -0.15) is 0 Å². The first-order valence-electron chi connectivity index (χ1n) is 7.25. The first-order chi connectivity index (χ1) is 10.8. The van der Waals surface area contributed by atoms with E-state index in [-0.39, 0.29) is 18.1 Å². The van der Waals surface area contributed by atoms with Crippen molar-refractivity contribution < 1.29 is 9.53 Å². The van der Waals surface area contributed by atoms with E-state index in [1.165, 1.54) is 6.08 Å². The Morgan fingerprint density at radius 2 is 1.68 bits per heavy atom.